The van der Waals surface area contributed by atoms with Crippen LogP contribution in [0.15, 0.2) is 60.7 Å². The van der Waals surface area contributed by atoms with E-state index >= 15 is 0 Å². The molecular formula is C23H14Cl4F2N2O2. The van der Waals surface area contributed by atoms with Crippen molar-refractivity contribution in [1.82, 2.24) is 0 Å². The van der Waals surface area contributed by atoms with Gasteiger partial charge in [0.2, 0.25) is 5.91 Å². The summed E-state index contributed by atoms with van der Waals surface area (Å²) in [5.41, 5.74) is 0.798. The minimum atomic E-state index is -1.37. The van der Waals surface area contributed by atoms with Gasteiger partial charge in [0.1, 0.15) is 16.0 Å². The Labute approximate surface area is 207 Å². The maximum atomic E-state index is 14.3. The maximum absolute atomic E-state index is 14.3. The summed E-state index contributed by atoms with van der Waals surface area (Å²) in [7, 11) is 0. The first-order chi connectivity index (χ1) is 15.6. The molecule has 3 aromatic carbocycles. The predicted octanol–water partition coefficient (Wildman–Crippen LogP) is 7.05. The molecule has 10 heteroatoms. The van der Waals surface area contributed by atoms with Crippen molar-refractivity contribution in [2.75, 3.05) is 10.6 Å². The van der Waals surface area contributed by atoms with E-state index in [1.807, 2.05) is 0 Å². The van der Waals surface area contributed by atoms with Gasteiger partial charge in [-0.2, -0.15) is 0 Å². The number of nitrogens with one attached hydrogen (secondary N) is 2. The SMILES string of the molecule is O=C(Nc1ccc(F)cc1)c1cc(NC(=O)[C@@H]2[C@@H](c3ccc(Cl)c(Cl)c3)C2(Cl)Cl)ccc1F. The van der Waals surface area contributed by atoms with Crippen LogP contribution in [-0.2, 0) is 4.79 Å². The second-order valence-corrected chi connectivity index (χ2v) is 9.71. The Morgan fingerprint density at radius 3 is 2.15 bits per heavy atom. The lowest BCUT2D eigenvalue weighted by molar-refractivity contribution is -0.117. The second-order valence-electron chi connectivity index (χ2n) is 7.45. The Kier molecular flexibility index (Phi) is 6.56. The molecule has 0 heterocycles. The zero-order valence-corrected chi connectivity index (χ0v) is 19.5. The van der Waals surface area contributed by atoms with Crippen LogP contribution < -0.4 is 10.6 Å². The van der Waals surface area contributed by atoms with Crippen LogP contribution in [0.25, 0.3) is 0 Å². The second kappa shape index (κ2) is 9.11. The highest BCUT2D eigenvalue weighted by atomic mass is 35.5. The van der Waals surface area contributed by atoms with Crippen molar-refractivity contribution < 1.29 is 18.4 Å². The molecule has 0 spiro atoms. The summed E-state index contributed by atoms with van der Waals surface area (Å²) in [4.78, 5) is 25.3. The van der Waals surface area contributed by atoms with E-state index in [0.717, 1.165) is 18.2 Å². The molecule has 1 fully saturated rings. The van der Waals surface area contributed by atoms with Gasteiger partial charge < -0.3 is 10.6 Å². The van der Waals surface area contributed by atoms with Crippen molar-refractivity contribution in [2.24, 2.45) is 5.92 Å². The molecule has 0 unspecified atom stereocenters. The number of carbonyl (C=O) groups excluding carboxylic acids is 2. The summed E-state index contributed by atoms with van der Waals surface area (Å²) < 4.78 is 25.9. The van der Waals surface area contributed by atoms with E-state index in [4.69, 9.17) is 46.4 Å². The first kappa shape index (κ1) is 23.8. The van der Waals surface area contributed by atoms with E-state index < -0.39 is 39.6 Å². The van der Waals surface area contributed by atoms with Gasteiger partial charge in [-0.15, -0.1) is 23.2 Å². The van der Waals surface area contributed by atoms with E-state index in [1.165, 1.54) is 24.3 Å². The number of hydrogen-bond acceptors (Lipinski definition) is 2. The molecule has 170 valence electrons. The van der Waals surface area contributed by atoms with Gasteiger partial charge in [-0.25, -0.2) is 8.78 Å². The third-order valence-electron chi connectivity index (χ3n) is 5.22. The quantitative estimate of drug-likeness (QED) is 0.348. The summed E-state index contributed by atoms with van der Waals surface area (Å²) in [6.07, 6.45) is 0. The Balaban J connectivity index is 1.50. The molecule has 33 heavy (non-hydrogen) atoms. The third-order valence-corrected chi connectivity index (χ3v) is 6.90. The van der Waals surface area contributed by atoms with Crippen LogP contribution in [0.5, 0.6) is 0 Å². The number of rotatable bonds is 5. The minimum Gasteiger partial charge on any atom is -0.326 e. The molecule has 0 bridgehead atoms. The Morgan fingerprint density at radius 1 is 0.818 bits per heavy atom. The summed E-state index contributed by atoms with van der Waals surface area (Å²) in [5.74, 6) is -3.88. The highest BCUT2D eigenvalue weighted by Gasteiger charge is 2.67. The molecule has 0 aliphatic heterocycles. The number of anilines is 2. The molecule has 2 atom stereocenters. The zero-order chi connectivity index (χ0) is 23.9. The standard InChI is InChI=1S/C23H14Cl4F2N2O2/c24-16-7-1-11(9-17(16)25)19-20(23(19,26)27)22(33)31-14-6-8-18(29)15(10-14)21(32)30-13-4-2-12(28)3-5-13/h1-10,19-20H,(H,30,32)(H,31,33)/t19-,20+/m1/s1. The number of amides is 2. The molecule has 2 N–H and O–H groups in total. The molecule has 1 aliphatic carbocycles. The van der Waals surface area contributed by atoms with Gasteiger partial charge in [0, 0.05) is 17.3 Å². The molecular weight excluding hydrogens is 516 g/mol. The van der Waals surface area contributed by atoms with Crippen molar-refractivity contribution >= 4 is 69.6 Å². The smallest absolute Gasteiger partial charge is 0.258 e. The van der Waals surface area contributed by atoms with Crippen molar-refractivity contribution in [3.8, 4) is 0 Å². The monoisotopic (exact) mass is 528 g/mol. The van der Waals surface area contributed by atoms with Gasteiger partial charge in [-0.3, -0.25) is 9.59 Å². The maximum Gasteiger partial charge on any atom is 0.258 e. The largest absolute Gasteiger partial charge is 0.326 e. The van der Waals surface area contributed by atoms with Crippen LogP contribution in [0, 0.1) is 17.6 Å². The molecule has 3 aromatic rings. The fourth-order valence-corrected chi connectivity index (χ4v) is 4.64. The predicted molar refractivity (Wildman–Crippen MR) is 127 cm³/mol. The molecule has 0 aromatic heterocycles. The molecule has 1 saturated carbocycles. The summed E-state index contributed by atoms with van der Waals surface area (Å²) >= 11 is 24.7. The van der Waals surface area contributed by atoms with E-state index in [9.17, 15) is 18.4 Å². The third kappa shape index (κ3) is 4.94. The van der Waals surface area contributed by atoms with Crippen molar-refractivity contribution in [1.29, 1.82) is 0 Å². The molecule has 0 saturated heterocycles. The van der Waals surface area contributed by atoms with Crippen LogP contribution in [-0.4, -0.2) is 16.1 Å². The summed E-state index contributed by atoms with van der Waals surface area (Å²) in [5, 5.41) is 5.75. The average molecular weight is 530 g/mol. The van der Waals surface area contributed by atoms with E-state index in [1.54, 1.807) is 18.2 Å². The molecule has 1 aliphatic rings. The fourth-order valence-electron chi connectivity index (χ4n) is 3.50. The molecule has 4 nitrogen and oxygen atoms in total. The van der Waals surface area contributed by atoms with Crippen LogP contribution in [0.3, 0.4) is 0 Å². The average Bonchev–Trinajstić information content (AvgIpc) is 3.35. The van der Waals surface area contributed by atoms with E-state index in [-0.39, 0.29) is 16.9 Å². The van der Waals surface area contributed by atoms with Gasteiger partial charge in [-0.05, 0) is 60.2 Å². The van der Waals surface area contributed by atoms with Gasteiger partial charge in [0.15, 0.2) is 0 Å². The molecule has 0 radical (unpaired) electrons. The van der Waals surface area contributed by atoms with Gasteiger partial charge >= 0.3 is 0 Å². The first-order valence-corrected chi connectivity index (χ1v) is 11.1. The number of hydrogen-bond donors (Lipinski definition) is 2. The molecule has 2 amide bonds. The summed E-state index contributed by atoms with van der Waals surface area (Å²) in [6, 6.07) is 13.4. The van der Waals surface area contributed by atoms with Crippen LogP contribution >= 0.6 is 46.4 Å². The highest BCUT2D eigenvalue weighted by Crippen LogP contribution is 2.65. The van der Waals surface area contributed by atoms with Crippen molar-refractivity contribution in [2.45, 2.75) is 10.3 Å². The van der Waals surface area contributed by atoms with Gasteiger partial charge in [-0.1, -0.05) is 29.3 Å². The minimum absolute atomic E-state index is 0.176. The van der Waals surface area contributed by atoms with E-state index in [0.29, 0.717) is 15.6 Å². The highest BCUT2D eigenvalue weighted by molar-refractivity contribution is 6.53. The number of halogens is 6. The normalized spacial score (nSPS) is 18.5. The Morgan fingerprint density at radius 2 is 1.48 bits per heavy atom. The fraction of sp³-hybridized carbons (Fsp3) is 0.130. The number of alkyl halides is 2. The first-order valence-electron chi connectivity index (χ1n) is 9.58. The summed E-state index contributed by atoms with van der Waals surface area (Å²) in [6.45, 7) is 0. The lowest BCUT2D eigenvalue weighted by Crippen LogP contribution is -2.18. The van der Waals surface area contributed by atoms with Crippen LogP contribution in [0.1, 0.15) is 21.8 Å². The Bertz CT molecular complexity index is 1250. The Hall–Kier alpha value is -2.38. The van der Waals surface area contributed by atoms with Gasteiger partial charge in [0.05, 0.1) is 21.5 Å². The molecule has 4 rings (SSSR count). The van der Waals surface area contributed by atoms with Gasteiger partial charge in [0.25, 0.3) is 5.91 Å². The van der Waals surface area contributed by atoms with Crippen molar-refractivity contribution in [3.05, 3.63) is 93.5 Å². The number of benzene rings is 3. The van der Waals surface area contributed by atoms with E-state index in [2.05, 4.69) is 10.6 Å². The lowest BCUT2D eigenvalue weighted by atomic mass is 10.1. The van der Waals surface area contributed by atoms with Crippen molar-refractivity contribution in [3.63, 3.8) is 0 Å². The topological polar surface area (TPSA) is 58.2 Å². The number of carbonyl (C=O) groups is 2. The zero-order valence-electron chi connectivity index (χ0n) is 16.5. The van der Waals surface area contributed by atoms with Crippen LogP contribution in [0.2, 0.25) is 10.0 Å². The van der Waals surface area contributed by atoms with Crippen LogP contribution in [0.4, 0.5) is 20.2 Å². The lowest BCUT2D eigenvalue weighted by Gasteiger charge is -2.10.